The van der Waals surface area contributed by atoms with Crippen molar-refractivity contribution in [1.29, 1.82) is 0 Å². The molecule has 1 aromatic heterocycles. The average molecular weight is 339 g/mol. The van der Waals surface area contributed by atoms with Crippen LogP contribution in [0.4, 0.5) is 0 Å². The van der Waals surface area contributed by atoms with Crippen molar-refractivity contribution in [3.8, 4) is 11.5 Å². The monoisotopic (exact) mass is 339 g/mol. The lowest BCUT2D eigenvalue weighted by Crippen LogP contribution is -2.48. The number of hydrogen-bond acceptors (Lipinski definition) is 5. The van der Waals surface area contributed by atoms with Crippen LogP contribution in [-0.4, -0.2) is 43.2 Å². The van der Waals surface area contributed by atoms with Crippen LogP contribution in [-0.2, 0) is 0 Å². The highest BCUT2D eigenvalue weighted by molar-refractivity contribution is 5.92. The van der Waals surface area contributed by atoms with E-state index < -0.39 is 0 Å². The third-order valence-electron chi connectivity index (χ3n) is 4.62. The van der Waals surface area contributed by atoms with Crippen LogP contribution in [0.3, 0.4) is 0 Å². The minimum Gasteiger partial charge on any atom is -0.486 e. The van der Waals surface area contributed by atoms with Gasteiger partial charge >= 0.3 is 0 Å². The number of carbonyl (C=O) groups excluding carboxylic acids is 1. The van der Waals surface area contributed by atoms with Crippen molar-refractivity contribution in [2.75, 3.05) is 26.3 Å². The number of nitrogens with one attached hydrogen (secondary N) is 2. The minimum absolute atomic E-state index is 0.0708. The van der Waals surface area contributed by atoms with Gasteiger partial charge in [0, 0.05) is 25.3 Å². The second-order valence-corrected chi connectivity index (χ2v) is 6.38. The van der Waals surface area contributed by atoms with Crippen molar-refractivity contribution in [1.82, 2.24) is 15.6 Å². The first-order chi connectivity index (χ1) is 12.3. The Hall–Kier alpha value is -2.60. The summed E-state index contributed by atoms with van der Waals surface area (Å²) in [5.74, 6) is 1.80. The first kappa shape index (κ1) is 15.9. The van der Waals surface area contributed by atoms with Crippen LogP contribution in [0.1, 0.15) is 28.4 Å². The molecular formula is C19H21N3O3. The molecular weight excluding hydrogens is 318 g/mol. The molecule has 0 aliphatic carbocycles. The van der Waals surface area contributed by atoms with Crippen LogP contribution in [0, 0.1) is 0 Å². The summed E-state index contributed by atoms with van der Waals surface area (Å²) in [5, 5.41) is 6.49. The van der Waals surface area contributed by atoms with Crippen LogP contribution in [0.15, 0.2) is 42.6 Å². The van der Waals surface area contributed by atoms with Crippen molar-refractivity contribution < 1.29 is 14.3 Å². The summed E-state index contributed by atoms with van der Waals surface area (Å²) >= 11 is 0. The molecule has 6 nitrogen and oxygen atoms in total. The van der Waals surface area contributed by atoms with E-state index in [-0.39, 0.29) is 11.9 Å². The Morgan fingerprint density at radius 2 is 2.00 bits per heavy atom. The number of hydrogen-bond donors (Lipinski definition) is 2. The Kier molecular flexibility index (Phi) is 4.52. The van der Waals surface area contributed by atoms with Crippen molar-refractivity contribution >= 4 is 5.91 Å². The number of ether oxygens (including phenoxy) is 2. The molecule has 4 rings (SSSR count). The molecule has 2 aliphatic heterocycles. The van der Waals surface area contributed by atoms with E-state index in [0.717, 1.165) is 31.0 Å². The van der Waals surface area contributed by atoms with Gasteiger partial charge in [0.25, 0.3) is 5.91 Å². The van der Waals surface area contributed by atoms with Gasteiger partial charge in [-0.05, 0) is 42.2 Å². The smallest absolute Gasteiger partial charge is 0.270 e. The lowest BCUT2D eigenvalue weighted by Gasteiger charge is -2.31. The first-order valence-electron chi connectivity index (χ1n) is 8.62. The highest BCUT2D eigenvalue weighted by Gasteiger charge is 2.26. The van der Waals surface area contributed by atoms with Gasteiger partial charge < -0.3 is 20.1 Å². The maximum absolute atomic E-state index is 12.3. The average Bonchev–Trinajstić information content (AvgIpc) is 2.68. The predicted octanol–water partition coefficient (Wildman–Crippen LogP) is 1.73. The lowest BCUT2D eigenvalue weighted by atomic mass is 9.89. The second kappa shape index (κ2) is 7.11. The van der Waals surface area contributed by atoms with Gasteiger partial charge in [-0.1, -0.05) is 12.1 Å². The fourth-order valence-electron chi connectivity index (χ4n) is 3.38. The van der Waals surface area contributed by atoms with Gasteiger partial charge in [-0.25, -0.2) is 0 Å². The fraction of sp³-hybridized carbons (Fsp3) is 0.368. The molecule has 0 saturated carbocycles. The van der Waals surface area contributed by atoms with Crippen molar-refractivity contribution in [2.45, 2.75) is 18.4 Å². The molecule has 2 aromatic rings. The molecule has 0 spiro atoms. The number of pyridine rings is 1. The molecule has 1 fully saturated rings. The number of aromatic nitrogens is 1. The third-order valence-corrected chi connectivity index (χ3v) is 4.62. The van der Waals surface area contributed by atoms with E-state index >= 15 is 0 Å². The molecule has 2 atom stereocenters. The predicted molar refractivity (Wildman–Crippen MR) is 93.2 cm³/mol. The summed E-state index contributed by atoms with van der Waals surface area (Å²) in [6.07, 6.45) is 2.51. The Morgan fingerprint density at radius 3 is 2.84 bits per heavy atom. The number of carbonyl (C=O) groups is 1. The highest BCUT2D eigenvalue weighted by Crippen LogP contribution is 2.34. The number of nitrogens with zero attached hydrogens (tertiary/aromatic N) is 1. The zero-order valence-electron chi connectivity index (χ0n) is 13.9. The molecule has 25 heavy (non-hydrogen) atoms. The van der Waals surface area contributed by atoms with Crippen LogP contribution in [0.2, 0.25) is 0 Å². The largest absolute Gasteiger partial charge is 0.486 e. The Morgan fingerprint density at radius 1 is 1.12 bits per heavy atom. The molecule has 2 aliphatic rings. The van der Waals surface area contributed by atoms with E-state index in [1.54, 1.807) is 18.3 Å². The second-order valence-electron chi connectivity index (χ2n) is 6.38. The van der Waals surface area contributed by atoms with E-state index in [1.165, 1.54) is 5.56 Å². The number of piperidine rings is 1. The summed E-state index contributed by atoms with van der Waals surface area (Å²) in [4.78, 5) is 16.4. The van der Waals surface area contributed by atoms with Gasteiger partial charge in [-0.2, -0.15) is 0 Å². The van der Waals surface area contributed by atoms with E-state index in [2.05, 4.69) is 27.8 Å². The molecule has 3 heterocycles. The molecule has 0 unspecified atom stereocenters. The van der Waals surface area contributed by atoms with Crippen molar-refractivity contribution in [2.24, 2.45) is 0 Å². The van der Waals surface area contributed by atoms with Gasteiger partial charge in [-0.15, -0.1) is 0 Å². The summed E-state index contributed by atoms with van der Waals surface area (Å²) < 4.78 is 11.3. The van der Waals surface area contributed by atoms with E-state index in [9.17, 15) is 4.79 Å². The third kappa shape index (κ3) is 3.58. The summed E-state index contributed by atoms with van der Waals surface area (Å²) in [6, 6.07) is 11.5. The lowest BCUT2D eigenvalue weighted by molar-refractivity contribution is 0.0923. The quantitative estimate of drug-likeness (QED) is 0.891. The minimum atomic E-state index is -0.129. The van der Waals surface area contributed by atoms with Crippen LogP contribution in [0.25, 0.3) is 0 Å². The summed E-state index contributed by atoms with van der Waals surface area (Å²) in [6.45, 7) is 2.83. The Labute approximate surface area is 146 Å². The molecule has 1 aromatic carbocycles. The SMILES string of the molecule is O=C(N[C@H]1CNC[C@@H](c2ccc3c(c2)OCCO3)C1)c1ccccn1. The zero-order valence-corrected chi connectivity index (χ0v) is 13.9. The molecule has 6 heteroatoms. The number of amides is 1. The molecule has 1 amide bonds. The number of benzene rings is 1. The summed E-state index contributed by atoms with van der Waals surface area (Å²) in [5.41, 5.74) is 1.65. The number of fused-ring (bicyclic) bond motifs is 1. The molecule has 0 bridgehead atoms. The first-order valence-corrected chi connectivity index (χ1v) is 8.62. The van der Waals surface area contributed by atoms with Gasteiger partial charge in [-0.3, -0.25) is 9.78 Å². The standard InChI is InChI=1S/C19H21N3O3/c23-19(16-3-1-2-6-21-16)22-15-9-14(11-20-12-15)13-4-5-17-18(10-13)25-8-7-24-17/h1-6,10,14-15,20H,7-9,11-12H2,(H,22,23)/t14-,15+/m0/s1. The molecule has 0 radical (unpaired) electrons. The van der Waals surface area contributed by atoms with E-state index in [0.29, 0.717) is 24.8 Å². The fourth-order valence-corrected chi connectivity index (χ4v) is 3.38. The van der Waals surface area contributed by atoms with Gasteiger partial charge in [0.15, 0.2) is 11.5 Å². The van der Waals surface area contributed by atoms with E-state index in [4.69, 9.17) is 9.47 Å². The van der Waals surface area contributed by atoms with Crippen LogP contribution < -0.4 is 20.1 Å². The van der Waals surface area contributed by atoms with Gasteiger partial charge in [0.05, 0.1) is 0 Å². The topological polar surface area (TPSA) is 72.5 Å². The molecule has 130 valence electrons. The highest BCUT2D eigenvalue weighted by atomic mass is 16.6. The molecule has 1 saturated heterocycles. The normalized spacial score (nSPS) is 22.2. The Bertz CT molecular complexity index is 751. The van der Waals surface area contributed by atoms with E-state index in [1.807, 2.05) is 12.1 Å². The van der Waals surface area contributed by atoms with Crippen LogP contribution >= 0.6 is 0 Å². The maximum atomic E-state index is 12.3. The summed E-state index contributed by atoms with van der Waals surface area (Å²) in [7, 11) is 0. The van der Waals surface area contributed by atoms with Gasteiger partial charge in [0.2, 0.25) is 0 Å². The number of rotatable bonds is 3. The molecule has 2 N–H and O–H groups in total. The van der Waals surface area contributed by atoms with Crippen molar-refractivity contribution in [3.63, 3.8) is 0 Å². The van der Waals surface area contributed by atoms with Crippen molar-refractivity contribution in [3.05, 3.63) is 53.9 Å². The van der Waals surface area contributed by atoms with Gasteiger partial charge in [0.1, 0.15) is 18.9 Å². The van der Waals surface area contributed by atoms with Crippen LogP contribution in [0.5, 0.6) is 11.5 Å². The zero-order chi connectivity index (χ0) is 17.1. The Balaban J connectivity index is 1.43. The maximum Gasteiger partial charge on any atom is 0.270 e.